The quantitative estimate of drug-likeness (QED) is 0.195. The average Bonchev–Trinajstić information content (AvgIpc) is 3.69. The standard InChI is InChI=1S/C26H18O2S6/c1-27-15-13-23(17-5-3-11-29-17)33-25(15)21-9-7-19(31-21)20-8-10-22(32-20)26-16(28-2)14-24(34-26)18-6-4-12-30-18/h3-14H,1-2H3. The van der Waals surface area contributed by atoms with Crippen LogP contribution < -0.4 is 9.47 Å². The molecular weight excluding hydrogens is 537 g/mol. The van der Waals surface area contributed by atoms with E-state index in [0.29, 0.717) is 0 Å². The number of rotatable bonds is 7. The van der Waals surface area contributed by atoms with E-state index in [1.54, 1.807) is 59.6 Å². The Hall–Kier alpha value is -2.20. The van der Waals surface area contributed by atoms with Gasteiger partial charge in [0.2, 0.25) is 0 Å². The minimum absolute atomic E-state index is 0.943. The van der Waals surface area contributed by atoms with Gasteiger partial charge in [-0.1, -0.05) is 12.1 Å². The Kier molecular flexibility index (Phi) is 6.19. The van der Waals surface area contributed by atoms with Crippen molar-refractivity contribution in [2.75, 3.05) is 14.2 Å². The van der Waals surface area contributed by atoms with E-state index in [9.17, 15) is 0 Å². The monoisotopic (exact) mass is 554 g/mol. The predicted molar refractivity (Wildman–Crippen MR) is 154 cm³/mol. The Labute approximate surface area is 222 Å². The highest BCUT2D eigenvalue weighted by atomic mass is 32.1. The van der Waals surface area contributed by atoms with E-state index in [0.717, 1.165) is 11.5 Å². The highest BCUT2D eigenvalue weighted by molar-refractivity contribution is 7.30. The van der Waals surface area contributed by atoms with Crippen molar-refractivity contribution >= 4 is 68.0 Å². The van der Waals surface area contributed by atoms with Crippen molar-refractivity contribution in [3.05, 3.63) is 71.4 Å². The summed E-state index contributed by atoms with van der Waals surface area (Å²) in [5.74, 6) is 1.89. The molecule has 6 heterocycles. The van der Waals surface area contributed by atoms with Crippen molar-refractivity contribution in [2.45, 2.75) is 0 Å². The van der Waals surface area contributed by atoms with Gasteiger partial charge in [-0.3, -0.25) is 0 Å². The normalized spacial score (nSPS) is 11.2. The van der Waals surface area contributed by atoms with Crippen LogP contribution in [0.25, 0.3) is 48.8 Å². The molecule has 0 spiro atoms. The van der Waals surface area contributed by atoms with Crippen LogP contribution in [0.1, 0.15) is 0 Å². The van der Waals surface area contributed by atoms with Gasteiger partial charge in [-0.2, -0.15) is 0 Å². The zero-order valence-electron chi connectivity index (χ0n) is 18.2. The maximum absolute atomic E-state index is 5.73. The number of thiophene rings is 6. The molecule has 0 fully saturated rings. The van der Waals surface area contributed by atoms with Gasteiger partial charge in [0.1, 0.15) is 11.5 Å². The molecule has 2 nitrogen and oxygen atoms in total. The Morgan fingerprint density at radius 1 is 0.471 bits per heavy atom. The fraction of sp³-hybridized carbons (Fsp3) is 0.0769. The predicted octanol–water partition coefficient (Wildman–Crippen LogP) is 10.4. The zero-order chi connectivity index (χ0) is 23.1. The Balaban J connectivity index is 1.32. The second-order valence-corrected chi connectivity index (χ2v) is 13.5. The fourth-order valence-electron chi connectivity index (χ4n) is 3.66. The number of methoxy groups -OCH3 is 2. The molecule has 0 atom stereocenters. The molecule has 0 aliphatic heterocycles. The lowest BCUT2D eigenvalue weighted by molar-refractivity contribution is 0.418. The molecule has 0 saturated heterocycles. The Bertz CT molecular complexity index is 1410. The summed E-state index contributed by atoms with van der Waals surface area (Å²) in [6.45, 7) is 0. The molecule has 0 aliphatic carbocycles. The molecular formula is C26H18O2S6. The first-order valence-electron chi connectivity index (χ1n) is 10.4. The number of hydrogen-bond acceptors (Lipinski definition) is 8. The van der Waals surface area contributed by atoms with Crippen molar-refractivity contribution in [2.24, 2.45) is 0 Å². The molecule has 6 aromatic heterocycles. The molecule has 34 heavy (non-hydrogen) atoms. The summed E-state index contributed by atoms with van der Waals surface area (Å²) in [5.41, 5.74) is 0. The highest BCUT2D eigenvalue weighted by Crippen LogP contribution is 2.50. The average molecular weight is 555 g/mol. The minimum Gasteiger partial charge on any atom is -0.495 e. The van der Waals surface area contributed by atoms with Crippen molar-refractivity contribution in [1.29, 1.82) is 0 Å². The Morgan fingerprint density at radius 2 is 0.912 bits per heavy atom. The van der Waals surface area contributed by atoms with Crippen LogP contribution in [-0.2, 0) is 0 Å². The van der Waals surface area contributed by atoms with Gasteiger partial charge in [-0.05, 0) is 47.2 Å². The lowest BCUT2D eigenvalue weighted by atomic mass is 10.3. The smallest absolute Gasteiger partial charge is 0.138 e. The maximum Gasteiger partial charge on any atom is 0.138 e. The highest BCUT2D eigenvalue weighted by Gasteiger charge is 2.19. The van der Waals surface area contributed by atoms with Crippen molar-refractivity contribution in [1.82, 2.24) is 0 Å². The van der Waals surface area contributed by atoms with Gasteiger partial charge in [-0.25, -0.2) is 0 Å². The summed E-state index contributed by atoms with van der Waals surface area (Å²) in [7, 11) is 3.51. The van der Waals surface area contributed by atoms with E-state index in [2.05, 4.69) is 71.4 Å². The largest absolute Gasteiger partial charge is 0.495 e. The van der Waals surface area contributed by atoms with Gasteiger partial charge in [0.05, 0.1) is 24.0 Å². The van der Waals surface area contributed by atoms with Crippen LogP contribution in [0.2, 0.25) is 0 Å². The third-order valence-electron chi connectivity index (χ3n) is 5.27. The topological polar surface area (TPSA) is 18.5 Å². The van der Waals surface area contributed by atoms with Crippen LogP contribution >= 0.6 is 68.0 Å². The summed E-state index contributed by atoms with van der Waals surface area (Å²) in [6.07, 6.45) is 0. The Morgan fingerprint density at radius 3 is 1.29 bits per heavy atom. The molecule has 0 radical (unpaired) electrons. The lowest BCUT2D eigenvalue weighted by Gasteiger charge is -1.99. The maximum atomic E-state index is 5.73. The summed E-state index contributed by atoms with van der Waals surface area (Å²) in [5, 5.41) is 4.23. The summed E-state index contributed by atoms with van der Waals surface area (Å²) < 4.78 is 11.5. The summed E-state index contributed by atoms with van der Waals surface area (Å²) >= 11 is 10.8. The van der Waals surface area contributed by atoms with Crippen LogP contribution in [0.3, 0.4) is 0 Å². The second kappa shape index (κ2) is 9.45. The van der Waals surface area contributed by atoms with E-state index in [1.165, 1.54) is 48.8 Å². The van der Waals surface area contributed by atoms with Crippen LogP contribution in [0.4, 0.5) is 0 Å². The van der Waals surface area contributed by atoms with Crippen LogP contribution in [0, 0.1) is 0 Å². The molecule has 6 rings (SSSR count). The molecule has 0 aliphatic rings. The van der Waals surface area contributed by atoms with Gasteiger partial charge < -0.3 is 9.47 Å². The van der Waals surface area contributed by atoms with Crippen molar-refractivity contribution < 1.29 is 9.47 Å². The first-order chi connectivity index (χ1) is 16.7. The molecule has 170 valence electrons. The second-order valence-electron chi connectivity index (χ2n) is 7.30. The van der Waals surface area contributed by atoms with E-state index < -0.39 is 0 Å². The van der Waals surface area contributed by atoms with Gasteiger partial charge in [0.25, 0.3) is 0 Å². The molecule has 0 unspecified atom stereocenters. The van der Waals surface area contributed by atoms with Gasteiger partial charge in [0.15, 0.2) is 0 Å². The molecule has 6 aromatic rings. The third kappa shape index (κ3) is 4.08. The van der Waals surface area contributed by atoms with Crippen molar-refractivity contribution in [3.8, 4) is 60.3 Å². The van der Waals surface area contributed by atoms with Gasteiger partial charge >= 0.3 is 0 Å². The summed E-state index contributed by atoms with van der Waals surface area (Å²) in [6, 6.07) is 21.7. The van der Waals surface area contributed by atoms with Crippen LogP contribution in [-0.4, -0.2) is 14.2 Å². The van der Waals surface area contributed by atoms with Crippen molar-refractivity contribution in [3.63, 3.8) is 0 Å². The van der Waals surface area contributed by atoms with E-state index in [4.69, 9.17) is 9.47 Å². The molecule has 0 bridgehead atoms. The van der Waals surface area contributed by atoms with Crippen LogP contribution in [0.5, 0.6) is 11.5 Å². The minimum atomic E-state index is 0.943. The molecule has 0 N–H and O–H groups in total. The van der Waals surface area contributed by atoms with Gasteiger partial charge in [-0.15, -0.1) is 68.0 Å². The zero-order valence-corrected chi connectivity index (χ0v) is 23.1. The third-order valence-corrected chi connectivity index (χ3v) is 12.4. The van der Waals surface area contributed by atoms with E-state index in [-0.39, 0.29) is 0 Å². The molecule has 8 heteroatoms. The molecule has 0 aromatic carbocycles. The van der Waals surface area contributed by atoms with Gasteiger partial charge in [0, 0.05) is 51.1 Å². The SMILES string of the molecule is COc1cc(-c2cccs2)sc1-c1ccc(-c2ccc(-c3sc(-c4cccs4)cc3OC)s2)s1. The molecule has 0 saturated carbocycles. The van der Waals surface area contributed by atoms with E-state index >= 15 is 0 Å². The van der Waals surface area contributed by atoms with Crippen LogP contribution in [0.15, 0.2) is 71.4 Å². The van der Waals surface area contributed by atoms with E-state index in [1.807, 2.05) is 22.7 Å². The molecule has 0 amide bonds. The number of ether oxygens (including phenoxy) is 2. The fourth-order valence-corrected chi connectivity index (χ4v) is 9.90. The summed E-state index contributed by atoms with van der Waals surface area (Å²) in [4.78, 5) is 12.5. The number of hydrogen-bond donors (Lipinski definition) is 0. The lowest BCUT2D eigenvalue weighted by Crippen LogP contribution is -1.79. The first-order valence-corrected chi connectivity index (χ1v) is 15.4. The first kappa shape index (κ1) is 22.3.